The largest absolute Gasteiger partial charge is 0.307 e. The molecule has 3 aromatic heterocycles. The number of hydrogen-bond acceptors (Lipinski definition) is 5. The van der Waals surface area contributed by atoms with E-state index in [-0.39, 0.29) is 17.2 Å². The van der Waals surface area contributed by atoms with Gasteiger partial charge in [-0.3, -0.25) is 18.7 Å². The Labute approximate surface area is 153 Å². The maximum Gasteiger partial charge on any atom is 0.307 e. The highest BCUT2D eigenvalue weighted by Crippen LogP contribution is 2.25. The standard InChI is InChI=1S/C18H19N3O2S2/c1-11-9-13(12(2)21(11)17-19-7-8-24-17)15(22)10-20-14-5-3-4-6-16(14)25-18(20)23/h7-9H,3-6,10H2,1-2H3. The first-order chi connectivity index (χ1) is 12.1. The summed E-state index contributed by atoms with van der Waals surface area (Å²) < 4.78 is 3.70. The maximum absolute atomic E-state index is 12.9. The normalized spacial score (nSPS) is 13.8. The SMILES string of the molecule is Cc1cc(C(=O)Cn2c3c(sc2=O)CCCC3)c(C)n1-c1nccs1. The van der Waals surface area contributed by atoms with Crippen LogP contribution in [0, 0.1) is 13.8 Å². The van der Waals surface area contributed by atoms with Crippen molar-refractivity contribution in [1.29, 1.82) is 0 Å². The molecule has 0 aromatic carbocycles. The minimum Gasteiger partial charge on any atom is -0.295 e. The zero-order chi connectivity index (χ0) is 17.6. The summed E-state index contributed by atoms with van der Waals surface area (Å²) in [7, 11) is 0. The van der Waals surface area contributed by atoms with Gasteiger partial charge in [0.05, 0.1) is 6.54 Å². The van der Waals surface area contributed by atoms with E-state index >= 15 is 0 Å². The van der Waals surface area contributed by atoms with Crippen molar-refractivity contribution in [3.05, 3.63) is 54.8 Å². The molecule has 0 spiro atoms. The van der Waals surface area contributed by atoms with Crippen LogP contribution in [0.1, 0.15) is 45.2 Å². The number of thiazole rings is 2. The van der Waals surface area contributed by atoms with E-state index in [1.807, 2.05) is 29.9 Å². The van der Waals surface area contributed by atoms with Crippen LogP contribution in [0.5, 0.6) is 0 Å². The van der Waals surface area contributed by atoms with Gasteiger partial charge in [0.15, 0.2) is 10.9 Å². The van der Waals surface area contributed by atoms with Crippen LogP contribution in [0.15, 0.2) is 22.4 Å². The molecule has 130 valence electrons. The van der Waals surface area contributed by atoms with Gasteiger partial charge < -0.3 is 0 Å². The third-order valence-corrected chi connectivity index (χ3v) is 6.63. The van der Waals surface area contributed by atoms with Gasteiger partial charge in [-0.05, 0) is 45.6 Å². The molecule has 0 N–H and O–H groups in total. The van der Waals surface area contributed by atoms with E-state index in [4.69, 9.17) is 0 Å². The molecule has 3 heterocycles. The lowest BCUT2D eigenvalue weighted by atomic mass is 10.0. The third-order valence-electron chi connectivity index (χ3n) is 4.79. The Morgan fingerprint density at radius 1 is 1.28 bits per heavy atom. The fourth-order valence-corrected chi connectivity index (χ4v) is 5.41. The van der Waals surface area contributed by atoms with Crippen LogP contribution in [0.3, 0.4) is 0 Å². The molecule has 0 aliphatic heterocycles. The van der Waals surface area contributed by atoms with E-state index in [9.17, 15) is 9.59 Å². The van der Waals surface area contributed by atoms with Crippen LogP contribution in [0.4, 0.5) is 0 Å². The Bertz CT molecular complexity index is 993. The van der Waals surface area contributed by atoms with E-state index < -0.39 is 0 Å². The molecule has 0 amide bonds. The molecule has 0 bridgehead atoms. The molecule has 0 fully saturated rings. The number of aryl methyl sites for hydroxylation is 2. The number of nitrogens with zero attached hydrogens (tertiary/aromatic N) is 3. The molecule has 0 atom stereocenters. The third kappa shape index (κ3) is 2.81. The van der Waals surface area contributed by atoms with Gasteiger partial charge in [-0.15, -0.1) is 11.3 Å². The van der Waals surface area contributed by atoms with Crippen molar-refractivity contribution in [3.63, 3.8) is 0 Å². The van der Waals surface area contributed by atoms with E-state index in [2.05, 4.69) is 4.98 Å². The fraction of sp³-hybridized carbons (Fsp3) is 0.389. The van der Waals surface area contributed by atoms with Gasteiger partial charge in [0.2, 0.25) is 0 Å². The number of carbonyl (C=O) groups excluding carboxylic acids is 1. The van der Waals surface area contributed by atoms with E-state index in [1.165, 1.54) is 11.3 Å². The number of rotatable bonds is 4. The Balaban J connectivity index is 1.68. The average Bonchev–Trinajstić information content (AvgIpc) is 3.27. The lowest BCUT2D eigenvalue weighted by Crippen LogP contribution is -2.22. The topological polar surface area (TPSA) is 56.9 Å². The summed E-state index contributed by atoms with van der Waals surface area (Å²) >= 11 is 2.85. The highest BCUT2D eigenvalue weighted by atomic mass is 32.1. The van der Waals surface area contributed by atoms with Crippen LogP contribution in [0.25, 0.3) is 5.13 Å². The molecule has 4 rings (SSSR count). The molecule has 7 heteroatoms. The zero-order valence-electron chi connectivity index (χ0n) is 14.2. The highest BCUT2D eigenvalue weighted by Gasteiger charge is 2.22. The van der Waals surface area contributed by atoms with Gasteiger partial charge in [0.1, 0.15) is 0 Å². The van der Waals surface area contributed by atoms with Crippen molar-refractivity contribution in [3.8, 4) is 5.13 Å². The Kier molecular flexibility index (Phi) is 4.21. The van der Waals surface area contributed by atoms with E-state index in [0.29, 0.717) is 5.56 Å². The van der Waals surface area contributed by atoms with Crippen molar-refractivity contribution >= 4 is 28.5 Å². The molecule has 1 aliphatic carbocycles. The number of carbonyl (C=O) groups is 1. The zero-order valence-corrected chi connectivity index (χ0v) is 15.9. The summed E-state index contributed by atoms with van der Waals surface area (Å²) in [5.41, 5.74) is 3.61. The summed E-state index contributed by atoms with van der Waals surface area (Å²) in [6.45, 7) is 4.05. The van der Waals surface area contributed by atoms with Gasteiger partial charge >= 0.3 is 4.87 Å². The van der Waals surface area contributed by atoms with Gasteiger partial charge in [0.25, 0.3) is 0 Å². The molecular formula is C18H19N3O2S2. The van der Waals surface area contributed by atoms with Gasteiger partial charge in [-0.1, -0.05) is 11.3 Å². The number of aromatic nitrogens is 3. The predicted octanol–water partition coefficient (Wildman–Crippen LogP) is 3.54. The average molecular weight is 374 g/mol. The van der Waals surface area contributed by atoms with Crippen LogP contribution in [-0.2, 0) is 19.4 Å². The quantitative estimate of drug-likeness (QED) is 0.657. The molecule has 3 aromatic rings. The fourth-order valence-electron chi connectivity index (χ4n) is 3.58. The minimum absolute atomic E-state index is 0.00557. The summed E-state index contributed by atoms with van der Waals surface area (Å²) in [6, 6.07) is 1.91. The van der Waals surface area contributed by atoms with Gasteiger partial charge in [0, 0.05) is 39.1 Å². The lowest BCUT2D eigenvalue weighted by Gasteiger charge is -2.13. The van der Waals surface area contributed by atoms with Crippen LogP contribution in [-0.4, -0.2) is 19.9 Å². The number of ketones is 1. The molecule has 0 saturated heterocycles. The smallest absolute Gasteiger partial charge is 0.295 e. The molecule has 0 saturated carbocycles. The monoisotopic (exact) mass is 373 g/mol. The van der Waals surface area contributed by atoms with Crippen LogP contribution < -0.4 is 4.87 Å². The second-order valence-corrected chi connectivity index (χ2v) is 8.31. The molecule has 1 aliphatic rings. The number of fused-ring (bicyclic) bond motifs is 1. The van der Waals surface area contributed by atoms with Crippen molar-refractivity contribution < 1.29 is 4.79 Å². The summed E-state index contributed by atoms with van der Waals surface area (Å²) in [4.78, 5) is 30.8. The van der Waals surface area contributed by atoms with Crippen molar-refractivity contribution in [2.75, 3.05) is 0 Å². The van der Waals surface area contributed by atoms with Gasteiger partial charge in [-0.25, -0.2) is 4.98 Å². The number of hydrogen-bond donors (Lipinski definition) is 0. The molecule has 0 unspecified atom stereocenters. The maximum atomic E-state index is 12.9. The second kappa shape index (κ2) is 6.38. The van der Waals surface area contributed by atoms with Crippen molar-refractivity contribution in [1.82, 2.24) is 14.1 Å². The van der Waals surface area contributed by atoms with E-state index in [0.717, 1.165) is 52.8 Å². The lowest BCUT2D eigenvalue weighted by molar-refractivity contribution is 0.0969. The van der Waals surface area contributed by atoms with Crippen molar-refractivity contribution in [2.45, 2.75) is 46.1 Å². The summed E-state index contributed by atoms with van der Waals surface area (Å²) in [5, 5.41) is 2.78. The second-order valence-electron chi connectivity index (χ2n) is 6.39. The minimum atomic E-state index is -0.0100. The van der Waals surface area contributed by atoms with Crippen molar-refractivity contribution in [2.24, 2.45) is 0 Å². The first kappa shape index (κ1) is 16.5. The molecular weight excluding hydrogens is 354 g/mol. The summed E-state index contributed by atoms with van der Waals surface area (Å²) in [6.07, 6.45) is 5.86. The van der Waals surface area contributed by atoms with E-state index in [1.54, 1.807) is 22.1 Å². The predicted molar refractivity (Wildman–Crippen MR) is 100 cm³/mol. The summed E-state index contributed by atoms with van der Waals surface area (Å²) in [5.74, 6) is -0.0100. The Morgan fingerprint density at radius 2 is 2.08 bits per heavy atom. The molecule has 25 heavy (non-hydrogen) atoms. The first-order valence-corrected chi connectivity index (χ1v) is 10.1. The van der Waals surface area contributed by atoms with Crippen LogP contribution >= 0.6 is 22.7 Å². The number of Topliss-reactive ketones (excluding diaryl/α,β-unsaturated/α-hetero) is 1. The highest BCUT2D eigenvalue weighted by molar-refractivity contribution is 7.12. The van der Waals surface area contributed by atoms with Crippen LogP contribution in [0.2, 0.25) is 0 Å². The first-order valence-electron chi connectivity index (χ1n) is 8.39. The molecule has 0 radical (unpaired) electrons. The Morgan fingerprint density at radius 3 is 2.84 bits per heavy atom. The van der Waals surface area contributed by atoms with Gasteiger partial charge in [-0.2, -0.15) is 0 Å². The Hall–Kier alpha value is -1.99. The molecule has 5 nitrogen and oxygen atoms in total.